The number of benzene rings is 1. The van der Waals surface area contributed by atoms with Crippen molar-refractivity contribution in [3.8, 4) is 11.4 Å². The molecule has 2 rings (SSSR count). The van der Waals surface area contributed by atoms with Gasteiger partial charge in [0.05, 0.1) is 5.02 Å². The zero-order valence-corrected chi connectivity index (χ0v) is 10.7. The fraction of sp³-hybridized carbons (Fsp3) is 0.231. The topological polar surface area (TPSA) is 51.8 Å². The van der Waals surface area contributed by atoms with Crippen LogP contribution < -0.4 is 5.73 Å². The molecular weight excluding hydrogens is 253 g/mol. The number of aryl methyl sites for hydroxylation is 1. The van der Waals surface area contributed by atoms with Crippen LogP contribution in [-0.2, 0) is 6.42 Å². The van der Waals surface area contributed by atoms with Crippen LogP contribution in [0.5, 0.6) is 0 Å². The average molecular weight is 266 g/mol. The molecule has 5 heteroatoms. The van der Waals surface area contributed by atoms with Crippen molar-refractivity contribution in [2.75, 3.05) is 5.73 Å². The second kappa shape index (κ2) is 5.31. The molecule has 0 aliphatic heterocycles. The molecule has 3 nitrogen and oxygen atoms in total. The van der Waals surface area contributed by atoms with E-state index in [1.807, 2.05) is 0 Å². The normalized spacial score (nSPS) is 10.6. The van der Waals surface area contributed by atoms with E-state index >= 15 is 0 Å². The summed E-state index contributed by atoms with van der Waals surface area (Å²) in [4.78, 5) is 8.48. The quantitative estimate of drug-likeness (QED) is 0.924. The Kier molecular flexibility index (Phi) is 3.77. The number of aromatic nitrogens is 2. The molecule has 0 saturated heterocycles. The molecule has 0 aliphatic rings. The smallest absolute Gasteiger partial charge is 0.161 e. The van der Waals surface area contributed by atoms with Gasteiger partial charge < -0.3 is 5.73 Å². The van der Waals surface area contributed by atoms with Crippen LogP contribution in [-0.4, -0.2) is 9.97 Å². The number of nitrogens with zero attached hydrogens (tertiary/aromatic N) is 2. The maximum atomic E-state index is 13.4. The molecule has 2 aromatic rings. The third-order valence-corrected chi connectivity index (χ3v) is 2.79. The molecular formula is C13H13ClFN3. The van der Waals surface area contributed by atoms with E-state index in [4.69, 9.17) is 17.3 Å². The Morgan fingerprint density at radius 2 is 2.06 bits per heavy atom. The molecule has 1 aromatic heterocycles. The van der Waals surface area contributed by atoms with E-state index in [2.05, 4.69) is 16.9 Å². The van der Waals surface area contributed by atoms with Crippen molar-refractivity contribution in [2.24, 2.45) is 0 Å². The summed E-state index contributed by atoms with van der Waals surface area (Å²) in [5.41, 5.74) is 7.15. The maximum Gasteiger partial charge on any atom is 0.161 e. The molecule has 0 spiro atoms. The number of nitrogens with two attached hydrogens (primary N) is 1. The van der Waals surface area contributed by atoms with Gasteiger partial charge in [0, 0.05) is 17.3 Å². The summed E-state index contributed by atoms with van der Waals surface area (Å²) in [6.45, 7) is 2.06. The Bertz CT molecular complexity index is 572. The lowest BCUT2D eigenvalue weighted by Gasteiger charge is -2.05. The summed E-state index contributed by atoms with van der Waals surface area (Å²) >= 11 is 5.64. The van der Waals surface area contributed by atoms with Gasteiger partial charge in [-0.15, -0.1) is 0 Å². The third kappa shape index (κ3) is 2.76. The molecule has 0 unspecified atom stereocenters. The van der Waals surface area contributed by atoms with Crippen LogP contribution in [0.3, 0.4) is 0 Å². The summed E-state index contributed by atoms with van der Waals surface area (Å²) in [7, 11) is 0. The standard InChI is InChI=1S/C13H13ClFN3/c1-2-3-9-7-12(16)18-13(17-9)8-4-5-10(14)11(15)6-8/h4-7H,2-3H2,1H3,(H2,16,17,18). The Balaban J connectivity index is 2.46. The van der Waals surface area contributed by atoms with Crippen molar-refractivity contribution >= 4 is 17.4 Å². The minimum Gasteiger partial charge on any atom is -0.384 e. The van der Waals surface area contributed by atoms with Crippen molar-refractivity contribution in [3.05, 3.63) is 40.8 Å². The van der Waals surface area contributed by atoms with Crippen LogP contribution in [0.2, 0.25) is 5.02 Å². The van der Waals surface area contributed by atoms with Crippen LogP contribution in [0.25, 0.3) is 11.4 Å². The molecule has 1 heterocycles. The Morgan fingerprint density at radius 3 is 2.72 bits per heavy atom. The van der Waals surface area contributed by atoms with E-state index in [9.17, 15) is 4.39 Å². The molecule has 0 atom stereocenters. The van der Waals surface area contributed by atoms with Gasteiger partial charge in [-0.2, -0.15) is 0 Å². The lowest BCUT2D eigenvalue weighted by atomic mass is 10.2. The van der Waals surface area contributed by atoms with Crippen LogP contribution in [0.15, 0.2) is 24.3 Å². The molecule has 0 aliphatic carbocycles. The van der Waals surface area contributed by atoms with Gasteiger partial charge in [-0.3, -0.25) is 0 Å². The fourth-order valence-electron chi connectivity index (χ4n) is 1.67. The van der Waals surface area contributed by atoms with Crippen LogP contribution in [0, 0.1) is 5.82 Å². The van der Waals surface area contributed by atoms with E-state index in [1.54, 1.807) is 12.1 Å². The van der Waals surface area contributed by atoms with Gasteiger partial charge in [0.2, 0.25) is 0 Å². The first-order chi connectivity index (χ1) is 8.60. The monoisotopic (exact) mass is 265 g/mol. The van der Waals surface area contributed by atoms with Crippen LogP contribution in [0.1, 0.15) is 19.0 Å². The highest BCUT2D eigenvalue weighted by Gasteiger charge is 2.08. The van der Waals surface area contributed by atoms with Gasteiger partial charge in [0.25, 0.3) is 0 Å². The first-order valence-electron chi connectivity index (χ1n) is 5.69. The molecule has 0 amide bonds. The van der Waals surface area contributed by atoms with Crippen molar-refractivity contribution in [2.45, 2.75) is 19.8 Å². The summed E-state index contributed by atoms with van der Waals surface area (Å²) in [5.74, 6) is 0.324. The summed E-state index contributed by atoms with van der Waals surface area (Å²) in [5, 5.41) is 0.0800. The summed E-state index contributed by atoms with van der Waals surface area (Å²) < 4.78 is 13.4. The number of hydrogen-bond donors (Lipinski definition) is 1. The molecule has 0 radical (unpaired) electrons. The molecule has 0 saturated carbocycles. The minimum absolute atomic E-state index is 0.0800. The van der Waals surface area contributed by atoms with Gasteiger partial charge in [-0.1, -0.05) is 24.9 Å². The van der Waals surface area contributed by atoms with E-state index < -0.39 is 5.82 Å². The Hall–Kier alpha value is -1.68. The van der Waals surface area contributed by atoms with E-state index in [1.165, 1.54) is 12.1 Å². The molecule has 0 fully saturated rings. The lowest BCUT2D eigenvalue weighted by Crippen LogP contribution is -2.00. The predicted molar refractivity (Wildman–Crippen MR) is 70.8 cm³/mol. The highest BCUT2D eigenvalue weighted by atomic mass is 35.5. The maximum absolute atomic E-state index is 13.4. The van der Waals surface area contributed by atoms with E-state index in [-0.39, 0.29) is 5.02 Å². The number of rotatable bonds is 3. The largest absolute Gasteiger partial charge is 0.384 e. The highest BCUT2D eigenvalue weighted by molar-refractivity contribution is 6.30. The molecule has 1 aromatic carbocycles. The van der Waals surface area contributed by atoms with E-state index in [0.717, 1.165) is 18.5 Å². The van der Waals surface area contributed by atoms with Gasteiger partial charge in [-0.25, -0.2) is 14.4 Å². The van der Waals surface area contributed by atoms with Gasteiger partial charge in [0.15, 0.2) is 5.82 Å². The Morgan fingerprint density at radius 1 is 1.28 bits per heavy atom. The van der Waals surface area contributed by atoms with Crippen molar-refractivity contribution in [1.82, 2.24) is 9.97 Å². The SMILES string of the molecule is CCCc1cc(N)nc(-c2ccc(Cl)c(F)c2)n1. The second-order valence-electron chi connectivity index (χ2n) is 3.99. The van der Waals surface area contributed by atoms with Crippen molar-refractivity contribution < 1.29 is 4.39 Å². The fourth-order valence-corrected chi connectivity index (χ4v) is 1.78. The summed E-state index contributed by atoms with van der Waals surface area (Å²) in [6.07, 6.45) is 1.78. The summed E-state index contributed by atoms with van der Waals surface area (Å²) in [6, 6.07) is 6.21. The van der Waals surface area contributed by atoms with Crippen molar-refractivity contribution in [3.63, 3.8) is 0 Å². The first kappa shape index (κ1) is 12.8. The van der Waals surface area contributed by atoms with Gasteiger partial charge >= 0.3 is 0 Å². The van der Waals surface area contributed by atoms with E-state index in [0.29, 0.717) is 17.2 Å². The average Bonchev–Trinajstić information content (AvgIpc) is 2.32. The zero-order valence-electron chi connectivity index (χ0n) is 9.95. The second-order valence-corrected chi connectivity index (χ2v) is 4.39. The Labute approximate surface area is 110 Å². The molecule has 0 bridgehead atoms. The van der Waals surface area contributed by atoms with Gasteiger partial charge in [-0.05, 0) is 24.6 Å². The van der Waals surface area contributed by atoms with Gasteiger partial charge in [0.1, 0.15) is 11.6 Å². The first-order valence-corrected chi connectivity index (χ1v) is 6.07. The number of halogens is 2. The number of hydrogen-bond acceptors (Lipinski definition) is 3. The molecule has 2 N–H and O–H groups in total. The van der Waals surface area contributed by atoms with Crippen LogP contribution >= 0.6 is 11.6 Å². The van der Waals surface area contributed by atoms with Crippen LogP contribution in [0.4, 0.5) is 10.2 Å². The minimum atomic E-state index is -0.489. The molecule has 18 heavy (non-hydrogen) atoms. The zero-order chi connectivity index (χ0) is 13.1. The third-order valence-electron chi connectivity index (χ3n) is 2.48. The number of anilines is 1. The van der Waals surface area contributed by atoms with Crippen molar-refractivity contribution in [1.29, 1.82) is 0 Å². The highest BCUT2D eigenvalue weighted by Crippen LogP contribution is 2.22. The number of nitrogen functional groups attached to an aromatic ring is 1. The predicted octanol–water partition coefficient (Wildman–Crippen LogP) is 3.47. The lowest BCUT2D eigenvalue weighted by molar-refractivity contribution is 0.628. The molecule has 94 valence electrons.